The number of anilines is 2. The normalized spacial score (nSPS) is 11.2. The van der Waals surface area contributed by atoms with Crippen LogP contribution in [0.5, 0.6) is 0 Å². The maximum atomic E-state index is 13.9. The number of para-hydroxylation sites is 1. The van der Waals surface area contributed by atoms with Crippen LogP contribution in [0.1, 0.15) is 19.9 Å². The third-order valence-electron chi connectivity index (χ3n) is 4.24. The number of halogens is 1. The van der Waals surface area contributed by atoms with Crippen LogP contribution in [-0.2, 0) is 0 Å². The summed E-state index contributed by atoms with van der Waals surface area (Å²) in [5.41, 5.74) is 3.17. The molecule has 0 saturated heterocycles. The Kier molecular flexibility index (Phi) is 4.08. The Hall–Kier alpha value is -3.28. The van der Waals surface area contributed by atoms with Crippen molar-refractivity contribution in [1.29, 1.82) is 0 Å². The van der Waals surface area contributed by atoms with E-state index < -0.39 is 0 Å². The SMILES string of the molecule is CC(C)n1cc(-c2ccnc(Nc3ccccc3F)n2)c2ccncc21. The van der Waals surface area contributed by atoms with Crippen molar-refractivity contribution in [2.75, 3.05) is 5.32 Å². The van der Waals surface area contributed by atoms with E-state index in [0.717, 1.165) is 22.2 Å². The smallest absolute Gasteiger partial charge is 0.227 e. The molecule has 0 unspecified atom stereocenters. The molecule has 1 aromatic carbocycles. The monoisotopic (exact) mass is 347 g/mol. The molecule has 130 valence electrons. The second kappa shape index (κ2) is 6.55. The first-order chi connectivity index (χ1) is 12.6. The number of nitrogens with zero attached hydrogens (tertiary/aromatic N) is 4. The summed E-state index contributed by atoms with van der Waals surface area (Å²) >= 11 is 0. The summed E-state index contributed by atoms with van der Waals surface area (Å²) in [6.07, 6.45) is 7.38. The highest BCUT2D eigenvalue weighted by atomic mass is 19.1. The van der Waals surface area contributed by atoms with Gasteiger partial charge in [-0.25, -0.2) is 14.4 Å². The van der Waals surface area contributed by atoms with Crippen molar-refractivity contribution in [3.05, 3.63) is 67.0 Å². The summed E-state index contributed by atoms with van der Waals surface area (Å²) in [7, 11) is 0. The summed E-state index contributed by atoms with van der Waals surface area (Å²) in [6, 6.07) is 10.6. The highest BCUT2D eigenvalue weighted by Gasteiger charge is 2.14. The number of rotatable bonds is 4. The molecular weight excluding hydrogens is 329 g/mol. The van der Waals surface area contributed by atoms with Gasteiger partial charge in [0.15, 0.2) is 0 Å². The van der Waals surface area contributed by atoms with E-state index in [9.17, 15) is 4.39 Å². The van der Waals surface area contributed by atoms with Crippen molar-refractivity contribution in [1.82, 2.24) is 19.5 Å². The lowest BCUT2D eigenvalue weighted by atomic mass is 10.1. The summed E-state index contributed by atoms with van der Waals surface area (Å²) in [6.45, 7) is 4.25. The van der Waals surface area contributed by atoms with Gasteiger partial charge in [-0.05, 0) is 38.1 Å². The van der Waals surface area contributed by atoms with Gasteiger partial charge in [0.05, 0.1) is 23.1 Å². The van der Waals surface area contributed by atoms with Crippen molar-refractivity contribution in [3.63, 3.8) is 0 Å². The molecule has 0 atom stereocenters. The minimum absolute atomic E-state index is 0.299. The minimum Gasteiger partial charge on any atom is -0.343 e. The Balaban J connectivity index is 1.78. The van der Waals surface area contributed by atoms with Crippen molar-refractivity contribution in [3.8, 4) is 11.3 Å². The second-order valence-electron chi connectivity index (χ2n) is 6.31. The van der Waals surface area contributed by atoms with Gasteiger partial charge in [0.2, 0.25) is 5.95 Å². The lowest BCUT2D eigenvalue weighted by Gasteiger charge is -2.08. The van der Waals surface area contributed by atoms with Crippen molar-refractivity contribution < 1.29 is 4.39 Å². The molecule has 3 aromatic heterocycles. The van der Waals surface area contributed by atoms with Gasteiger partial charge in [-0.1, -0.05) is 12.1 Å². The lowest BCUT2D eigenvalue weighted by molar-refractivity contribution is 0.622. The summed E-state index contributed by atoms with van der Waals surface area (Å²) < 4.78 is 16.0. The molecule has 0 aliphatic rings. The van der Waals surface area contributed by atoms with Crippen LogP contribution in [0.4, 0.5) is 16.0 Å². The topological polar surface area (TPSA) is 55.6 Å². The molecule has 0 bridgehead atoms. The molecule has 4 rings (SSSR count). The van der Waals surface area contributed by atoms with E-state index in [1.54, 1.807) is 30.6 Å². The molecule has 5 nitrogen and oxygen atoms in total. The van der Waals surface area contributed by atoms with Crippen molar-refractivity contribution >= 4 is 22.5 Å². The van der Waals surface area contributed by atoms with E-state index in [1.165, 1.54) is 6.07 Å². The molecule has 3 heterocycles. The molecular formula is C20H18FN5. The fraction of sp³-hybridized carbons (Fsp3) is 0.150. The van der Waals surface area contributed by atoms with Gasteiger partial charge in [0, 0.05) is 35.6 Å². The summed E-state index contributed by atoms with van der Waals surface area (Å²) in [5, 5.41) is 4.02. The van der Waals surface area contributed by atoms with E-state index in [4.69, 9.17) is 0 Å². The third kappa shape index (κ3) is 2.90. The molecule has 0 fully saturated rings. The van der Waals surface area contributed by atoms with Crippen LogP contribution in [0.2, 0.25) is 0 Å². The van der Waals surface area contributed by atoms with Crippen molar-refractivity contribution in [2.24, 2.45) is 0 Å². The largest absolute Gasteiger partial charge is 0.343 e. The number of fused-ring (bicyclic) bond motifs is 1. The van der Waals surface area contributed by atoms with Gasteiger partial charge in [-0.3, -0.25) is 4.98 Å². The number of nitrogens with one attached hydrogen (secondary N) is 1. The molecule has 4 aromatic rings. The Labute approximate surface area is 150 Å². The molecule has 1 N–H and O–H groups in total. The van der Waals surface area contributed by atoms with Crippen LogP contribution >= 0.6 is 0 Å². The van der Waals surface area contributed by atoms with Crippen molar-refractivity contribution in [2.45, 2.75) is 19.9 Å². The fourth-order valence-electron chi connectivity index (χ4n) is 2.98. The zero-order valence-corrected chi connectivity index (χ0v) is 14.5. The zero-order chi connectivity index (χ0) is 18.1. The Morgan fingerprint density at radius 2 is 1.92 bits per heavy atom. The highest BCUT2D eigenvalue weighted by Crippen LogP contribution is 2.31. The van der Waals surface area contributed by atoms with E-state index in [0.29, 0.717) is 17.7 Å². The third-order valence-corrected chi connectivity index (χ3v) is 4.24. The van der Waals surface area contributed by atoms with Crippen LogP contribution in [0, 0.1) is 5.82 Å². The van der Waals surface area contributed by atoms with Crippen LogP contribution < -0.4 is 5.32 Å². The number of hydrogen-bond acceptors (Lipinski definition) is 4. The quantitative estimate of drug-likeness (QED) is 0.567. The summed E-state index contributed by atoms with van der Waals surface area (Å²) in [5.74, 6) is 0.0103. The number of hydrogen-bond donors (Lipinski definition) is 1. The van der Waals surface area contributed by atoms with E-state index >= 15 is 0 Å². The molecule has 0 aliphatic heterocycles. The molecule has 0 spiro atoms. The Morgan fingerprint density at radius 3 is 2.73 bits per heavy atom. The van der Waals surface area contributed by atoms with Gasteiger partial charge in [-0.15, -0.1) is 0 Å². The Morgan fingerprint density at radius 1 is 1.08 bits per heavy atom. The zero-order valence-electron chi connectivity index (χ0n) is 14.5. The predicted molar refractivity (Wildman–Crippen MR) is 101 cm³/mol. The highest BCUT2D eigenvalue weighted by molar-refractivity contribution is 5.94. The van der Waals surface area contributed by atoms with Gasteiger partial charge in [0.1, 0.15) is 5.82 Å². The lowest BCUT2D eigenvalue weighted by Crippen LogP contribution is -1.99. The molecule has 0 amide bonds. The standard InChI is InChI=1S/C20H18FN5/c1-13(2)26-12-15(14-7-9-22-11-19(14)26)17-8-10-23-20(24-17)25-18-6-4-3-5-16(18)21/h3-13H,1-2H3,(H,23,24,25). The maximum Gasteiger partial charge on any atom is 0.227 e. The second-order valence-corrected chi connectivity index (χ2v) is 6.31. The van der Waals surface area contributed by atoms with Gasteiger partial charge in [0.25, 0.3) is 0 Å². The van der Waals surface area contributed by atoms with Crippen LogP contribution in [0.15, 0.2) is 61.2 Å². The van der Waals surface area contributed by atoms with Crippen LogP contribution in [0.3, 0.4) is 0 Å². The summed E-state index contributed by atoms with van der Waals surface area (Å²) in [4.78, 5) is 13.0. The average Bonchev–Trinajstić information content (AvgIpc) is 3.04. The van der Waals surface area contributed by atoms with E-state index in [2.05, 4.69) is 44.9 Å². The van der Waals surface area contributed by atoms with Crippen LogP contribution in [0.25, 0.3) is 22.2 Å². The first-order valence-electron chi connectivity index (χ1n) is 8.43. The first-order valence-corrected chi connectivity index (χ1v) is 8.43. The molecule has 26 heavy (non-hydrogen) atoms. The fourth-order valence-corrected chi connectivity index (χ4v) is 2.98. The van der Waals surface area contributed by atoms with E-state index in [-0.39, 0.29) is 5.82 Å². The van der Waals surface area contributed by atoms with Gasteiger partial charge >= 0.3 is 0 Å². The molecule has 0 aliphatic carbocycles. The van der Waals surface area contributed by atoms with E-state index in [1.807, 2.05) is 18.3 Å². The average molecular weight is 347 g/mol. The minimum atomic E-state index is -0.344. The predicted octanol–water partition coefficient (Wildman–Crippen LogP) is 4.96. The molecule has 0 saturated carbocycles. The molecule has 0 radical (unpaired) electrons. The number of pyridine rings is 1. The number of benzene rings is 1. The van der Waals surface area contributed by atoms with Crippen LogP contribution in [-0.4, -0.2) is 19.5 Å². The van der Waals surface area contributed by atoms with Gasteiger partial charge < -0.3 is 9.88 Å². The van der Waals surface area contributed by atoms with Gasteiger partial charge in [-0.2, -0.15) is 0 Å². The first kappa shape index (κ1) is 16.2. The number of aromatic nitrogens is 4. The molecule has 6 heteroatoms. The Bertz CT molecular complexity index is 1070. The maximum absolute atomic E-state index is 13.9.